The van der Waals surface area contributed by atoms with Crippen molar-refractivity contribution in [3.63, 3.8) is 0 Å². The van der Waals surface area contributed by atoms with Crippen LogP contribution in [0.5, 0.6) is 0 Å². The first-order valence-corrected chi connectivity index (χ1v) is 12.0. The maximum absolute atomic E-state index is 12.8. The molecule has 0 aliphatic carbocycles. The molecule has 0 spiro atoms. The summed E-state index contributed by atoms with van der Waals surface area (Å²) in [6.45, 7) is 7.17. The summed E-state index contributed by atoms with van der Waals surface area (Å²) in [5, 5.41) is 0. The van der Waals surface area contributed by atoms with Gasteiger partial charge in [-0.25, -0.2) is 8.42 Å². The molecule has 1 amide bonds. The Morgan fingerprint density at radius 2 is 1.89 bits per heavy atom. The Labute approximate surface area is 169 Å². The Balaban J connectivity index is 1.92. The zero-order valence-corrected chi connectivity index (χ0v) is 17.7. The first-order chi connectivity index (χ1) is 13.5. The summed E-state index contributed by atoms with van der Waals surface area (Å²) in [5.74, 6) is -0.627. The average molecular weight is 412 g/mol. The van der Waals surface area contributed by atoms with Crippen molar-refractivity contribution in [3.05, 3.63) is 30.1 Å². The van der Waals surface area contributed by atoms with Gasteiger partial charge in [0.25, 0.3) is 0 Å². The van der Waals surface area contributed by atoms with Gasteiger partial charge in [0, 0.05) is 45.1 Å². The van der Waals surface area contributed by atoms with Crippen molar-refractivity contribution in [2.45, 2.75) is 39.2 Å². The summed E-state index contributed by atoms with van der Waals surface area (Å²) in [5.41, 5.74) is 0.957. The number of morpholine rings is 1. The number of sulfone groups is 1. The molecule has 158 valence electrons. The monoisotopic (exact) mass is 411 g/mol. The molecule has 0 radical (unpaired) electrons. The summed E-state index contributed by atoms with van der Waals surface area (Å²) in [7, 11) is -3.37. The second-order valence-electron chi connectivity index (χ2n) is 7.28. The highest BCUT2D eigenvalue weighted by atomic mass is 32.2. The van der Waals surface area contributed by atoms with E-state index in [0.717, 1.165) is 57.7 Å². The Morgan fingerprint density at radius 1 is 1.18 bits per heavy atom. The minimum absolute atomic E-state index is 0.0868. The number of aromatic nitrogens is 1. The normalized spacial score (nSPS) is 15.5. The molecule has 0 atom stereocenters. The molecular weight excluding hydrogens is 378 g/mol. The summed E-state index contributed by atoms with van der Waals surface area (Å²) in [6, 6.07) is 3.72. The van der Waals surface area contributed by atoms with Gasteiger partial charge >= 0.3 is 0 Å². The lowest BCUT2D eigenvalue weighted by Crippen LogP contribution is -2.40. The fourth-order valence-electron chi connectivity index (χ4n) is 3.23. The van der Waals surface area contributed by atoms with Crippen LogP contribution in [0.25, 0.3) is 0 Å². The van der Waals surface area contributed by atoms with Crippen molar-refractivity contribution < 1.29 is 17.9 Å². The molecule has 2 rings (SSSR count). The van der Waals surface area contributed by atoms with E-state index in [4.69, 9.17) is 4.74 Å². The second-order valence-corrected chi connectivity index (χ2v) is 9.46. The Kier molecular flexibility index (Phi) is 9.87. The van der Waals surface area contributed by atoms with Crippen LogP contribution < -0.4 is 0 Å². The van der Waals surface area contributed by atoms with E-state index in [2.05, 4.69) is 9.88 Å². The zero-order chi connectivity index (χ0) is 20.2. The second kappa shape index (κ2) is 12.1. The Bertz CT molecular complexity index is 676. The van der Waals surface area contributed by atoms with Crippen molar-refractivity contribution in [1.29, 1.82) is 0 Å². The smallest absolute Gasteiger partial charge is 0.238 e. The van der Waals surface area contributed by atoms with Gasteiger partial charge in [0.15, 0.2) is 9.84 Å². The largest absolute Gasteiger partial charge is 0.379 e. The lowest BCUT2D eigenvalue weighted by Gasteiger charge is -2.28. The maximum atomic E-state index is 12.8. The molecule has 7 nitrogen and oxygen atoms in total. The summed E-state index contributed by atoms with van der Waals surface area (Å²) in [4.78, 5) is 20.8. The van der Waals surface area contributed by atoms with Gasteiger partial charge in [-0.05, 0) is 30.5 Å². The van der Waals surface area contributed by atoms with E-state index in [0.29, 0.717) is 19.5 Å². The SMILES string of the molecule is CCCCCS(=O)(=O)CC(=O)N(CCCN1CCOCC1)Cc1ccncc1. The molecule has 1 fully saturated rings. The fraction of sp³-hybridized carbons (Fsp3) is 0.700. The van der Waals surface area contributed by atoms with E-state index in [1.165, 1.54) is 0 Å². The highest BCUT2D eigenvalue weighted by molar-refractivity contribution is 7.92. The van der Waals surface area contributed by atoms with E-state index in [9.17, 15) is 13.2 Å². The molecule has 1 aromatic heterocycles. The van der Waals surface area contributed by atoms with Crippen molar-refractivity contribution >= 4 is 15.7 Å². The number of ether oxygens (including phenoxy) is 1. The lowest BCUT2D eigenvalue weighted by molar-refractivity contribution is -0.129. The molecule has 0 bridgehead atoms. The van der Waals surface area contributed by atoms with Gasteiger partial charge in [-0.15, -0.1) is 0 Å². The average Bonchev–Trinajstić information content (AvgIpc) is 2.68. The summed E-state index contributed by atoms with van der Waals surface area (Å²) in [6.07, 6.45) is 6.63. The number of carbonyl (C=O) groups is 1. The highest BCUT2D eigenvalue weighted by Gasteiger charge is 2.22. The molecule has 1 aliphatic rings. The molecule has 1 saturated heterocycles. The van der Waals surface area contributed by atoms with E-state index in [1.54, 1.807) is 17.3 Å². The third kappa shape index (κ3) is 8.67. The van der Waals surface area contributed by atoms with Crippen molar-refractivity contribution in [2.75, 3.05) is 50.9 Å². The van der Waals surface area contributed by atoms with Crippen LogP contribution in [0.4, 0.5) is 0 Å². The van der Waals surface area contributed by atoms with Crippen molar-refractivity contribution in [2.24, 2.45) is 0 Å². The van der Waals surface area contributed by atoms with E-state index >= 15 is 0 Å². The fourth-order valence-corrected chi connectivity index (χ4v) is 4.58. The summed E-state index contributed by atoms with van der Waals surface area (Å²) < 4.78 is 30.0. The third-order valence-electron chi connectivity index (χ3n) is 4.88. The van der Waals surface area contributed by atoms with Gasteiger partial charge in [0.05, 0.1) is 19.0 Å². The Morgan fingerprint density at radius 3 is 2.57 bits per heavy atom. The highest BCUT2D eigenvalue weighted by Crippen LogP contribution is 2.09. The van der Waals surface area contributed by atoms with Crippen LogP contribution in [-0.2, 0) is 25.9 Å². The van der Waals surface area contributed by atoms with E-state index < -0.39 is 15.6 Å². The van der Waals surface area contributed by atoms with Crippen LogP contribution in [0, 0.1) is 0 Å². The molecule has 0 aromatic carbocycles. The van der Waals surface area contributed by atoms with Gasteiger partial charge in [-0.1, -0.05) is 19.8 Å². The first-order valence-electron chi connectivity index (χ1n) is 10.2. The van der Waals surface area contributed by atoms with Gasteiger partial charge < -0.3 is 9.64 Å². The van der Waals surface area contributed by atoms with Crippen LogP contribution in [-0.4, -0.2) is 80.0 Å². The molecule has 0 saturated carbocycles. The quantitative estimate of drug-likeness (QED) is 0.488. The third-order valence-corrected chi connectivity index (χ3v) is 6.48. The van der Waals surface area contributed by atoms with Gasteiger partial charge in [-0.3, -0.25) is 14.7 Å². The number of hydrogen-bond donors (Lipinski definition) is 0. The maximum Gasteiger partial charge on any atom is 0.238 e. The number of unbranched alkanes of at least 4 members (excludes halogenated alkanes) is 2. The van der Waals surface area contributed by atoms with Gasteiger partial charge in [0.2, 0.25) is 5.91 Å². The lowest BCUT2D eigenvalue weighted by atomic mass is 10.2. The molecule has 28 heavy (non-hydrogen) atoms. The first kappa shape index (κ1) is 22.8. The standard InChI is InChI=1S/C20H33N3O4S/c1-2-3-4-16-28(25,26)18-20(24)23(17-19-6-8-21-9-7-19)11-5-10-22-12-14-27-15-13-22/h6-9H,2-5,10-18H2,1H3. The van der Waals surface area contributed by atoms with Crippen molar-refractivity contribution in [3.8, 4) is 0 Å². The van der Waals surface area contributed by atoms with E-state index in [1.807, 2.05) is 19.1 Å². The van der Waals surface area contributed by atoms with Gasteiger partial charge in [-0.2, -0.15) is 0 Å². The molecule has 8 heteroatoms. The number of hydrogen-bond acceptors (Lipinski definition) is 6. The molecule has 2 heterocycles. The summed E-state index contributed by atoms with van der Waals surface area (Å²) >= 11 is 0. The number of nitrogens with zero attached hydrogens (tertiary/aromatic N) is 3. The van der Waals surface area contributed by atoms with Crippen LogP contribution in [0.1, 0.15) is 38.2 Å². The van der Waals surface area contributed by atoms with E-state index in [-0.39, 0.29) is 11.7 Å². The zero-order valence-electron chi connectivity index (χ0n) is 16.9. The topological polar surface area (TPSA) is 79.8 Å². The van der Waals surface area contributed by atoms with Gasteiger partial charge in [0.1, 0.15) is 5.75 Å². The molecule has 0 N–H and O–H groups in total. The van der Waals surface area contributed by atoms with Crippen LogP contribution >= 0.6 is 0 Å². The predicted octanol–water partition coefficient (Wildman–Crippen LogP) is 1.74. The number of carbonyl (C=O) groups excluding carboxylic acids is 1. The predicted molar refractivity (Wildman–Crippen MR) is 110 cm³/mol. The number of rotatable bonds is 12. The minimum Gasteiger partial charge on any atom is -0.379 e. The molecule has 1 aromatic rings. The number of pyridine rings is 1. The minimum atomic E-state index is -3.37. The van der Waals surface area contributed by atoms with Crippen molar-refractivity contribution in [1.82, 2.24) is 14.8 Å². The molecule has 1 aliphatic heterocycles. The Hall–Kier alpha value is -1.51. The van der Waals surface area contributed by atoms with Crippen LogP contribution in [0.15, 0.2) is 24.5 Å². The van der Waals surface area contributed by atoms with Crippen LogP contribution in [0.2, 0.25) is 0 Å². The number of amides is 1. The molecular formula is C20H33N3O4S. The van der Waals surface area contributed by atoms with Crippen LogP contribution in [0.3, 0.4) is 0 Å². The molecule has 0 unspecified atom stereocenters.